The fraction of sp³-hybridized carbons (Fsp3) is 0.750. The van der Waals surface area contributed by atoms with E-state index in [1.165, 1.54) is 0 Å². The summed E-state index contributed by atoms with van der Waals surface area (Å²) in [5, 5.41) is 10.1. The maximum atomic E-state index is 10.6. The smallest absolute Gasteiger partial charge is 0.122 e. The van der Waals surface area contributed by atoms with Gasteiger partial charge < -0.3 is 14.6 Å². The molecule has 4 heteroatoms. The molecule has 0 amide bonds. The number of aldehydes is 1. The zero-order chi connectivity index (χ0) is 12.3. The van der Waals surface area contributed by atoms with Crippen molar-refractivity contribution in [3.8, 4) is 0 Å². The molecule has 0 aromatic heterocycles. The van der Waals surface area contributed by atoms with E-state index in [0.29, 0.717) is 6.42 Å². The van der Waals surface area contributed by atoms with Crippen LogP contribution in [0.15, 0.2) is 9.66 Å². The number of rotatable bonds is 3. The summed E-state index contributed by atoms with van der Waals surface area (Å²) in [6.45, 7) is 5.93. The van der Waals surface area contributed by atoms with E-state index in [0.717, 1.165) is 11.9 Å². The van der Waals surface area contributed by atoms with Crippen molar-refractivity contribution in [2.24, 2.45) is 11.8 Å². The minimum absolute atomic E-state index is 0.0125. The van der Waals surface area contributed by atoms with Gasteiger partial charge in [-0.05, 0) is 16.6 Å². The second-order valence-corrected chi connectivity index (χ2v) is 5.18. The summed E-state index contributed by atoms with van der Waals surface area (Å²) in [7, 11) is 0. The van der Waals surface area contributed by atoms with E-state index in [1.54, 1.807) is 0 Å². The van der Waals surface area contributed by atoms with E-state index in [-0.39, 0.29) is 24.0 Å². The van der Waals surface area contributed by atoms with Gasteiger partial charge in [0.05, 0.1) is 18.3 Å². The van der Waals surface area contributed by atoms with Crippen molar-refractivity contribution in [1.29, 1.82) is 0 Å². The van der Waals surface area contributed by atoms with E-state index in [4.69, 9.17) is 4.74 Å². The van der Waals surface area contributed by atoms with Crippen LogP contribution >= 0.6 is 22.6 Å². The molecular weight excluding hydrogens is 319 g/mol. The van der Waals surface area contributed by atoms with E-state index in [9.17, 15) is 9.90 Å². The number of aliphatic hydroxyl groups is 1. The van der Waals surface area contributed by atoms with Gasteiger partial charge in [0.25, 0.3) is 0 Å². The molecule has 16 heavy (non-hydrogen) atoms. The van der Waals surface area contributed by atoms with Crippen molar-refractivity contribution in [2.75, 3.05) is 0 Å². The van der Waals surface area contributed by atoms with Gasteiger partial charge in [0.1, 0.15) is 6.29 Å². The summed E-state index contributed by atoms with van der Waals surface area (Å²) >= 11 is 2.17. The highest BCUT2D eigenvalue weighted by Crippen LogP contribution is 2.34. The fourth-order valence-electron chi connectivity index (χ4n) is 2.26. The van der Waals surface area contributed by atoms with Gasteiger partial charge in [-0.2, -0.15) is 0 Å². The lowest BCUT2D eigenvalue weighted by Gasteiger charge is -2.42. The molecule has 1 N–H and O–H groups in total. The molecule has 3 nitrogen and oxygen atoms in total. The van der Waals surface area contributed by atoms with Crippen LogP contribution in [0.3, 0.4) is 0 Å². The summed E-state index contributed by atoms with van der Waals surface area (Å²) in [6.07, 6.45) is 0.572. The fourth-order valence-corrected chi connectivity index (χ4v) is 2.62. The zero-order valence-electron chi connectivity index (χ0n) is 9.89. The highest BCUT2D eigenvalue weighted by molar-refractivity contribution is 14.1. The Bertz CT molecular complexity index is 277. The molecule has 1 rings (SSSR count). The zero-order valence-corrected chi connectivity index (χ0v) is 12.0. The number of carbonyl (C=O) groups excluding carboxylic acids is 1. The van der Waals surface area contributed by atoms with E-state index in [2.05, 4.69) is 22.6 Å². The number of halogens is 1. The lowest BCUT2D eigenvalue weighted by atomic mass is 9.80. The van der Waals surface area contributed by atoms with Gasteiger partial charge >= 0.3 is 0 Å². The third-order valence-electron chi connectivity index (χ3n) is 3.41. The highest BCUT2D eigenvalue weighted by atomic mass is 127. The molecule has 1 aliphatic rings. The van der Waals surface area contributed by atoms with Gasteiger partial charge in [-0.3, -0.25) is 0 Å². The lowest BCUT2D eigenvalue weighted by molar-refractivity contribution is -0.154. The Balaban J connectivity index is 2.84. The first-order valence-corrected chi connectivity index (χ1v) is 6.81. The van der Waals surface area contributed by atoms with Gasteiger partial charge in [-0.25, -0.2) is 0 Å². The molecule has 0 spiro atoms. The Hall–Kier alpha value is 0.0600. The van der Waals surface area contributed by atoms with Crippen LogP contribution in [0, 0.1) is 11.8 Å². The van der Waals surface area contributed by atoms with E-state index < -0.39 is 6.10 Å². The average Bonchev–Trinajstić information content (AvgIpc) is 2.29. The van der Waals surface area contributed by atoms with Gasteiger partial charge in [0.2, 0.25) is 0 Å². The van der Waals surface area contributed by atoms with Crippen LogP contribution in [0.5, 0.6) is 0 Å². The van der Waals surface area contributed by atoms with Crippen molar-refractivity contribution in [3.05, 3.63) is 9.66 Å². The van der Waals surface area contributed by atoms with Crippen molar-refractivity contribution in [3.63, 3.8) is 0 Å². The Morgan fingerprint density at radius 1 is 1.44 bits per heavy atom. The summed E-state index contributed by atoms with van der Waals surface area (Å²) in [6, 6.07) is 0. The van der Waals surface area contributed by atoms with Gasteiger partial charge in [0, 0.05) is 18.3 Å². The Labute approximate surface area is 110 Å². The minimum Gasteiger partial charge on any atom is -0.392 e. The molecule has 0 aliphatic carbocycles. The van der Waals surface area contributed by atoms with Crippen molar-refractivity contribution in [2.45, 2.75) is 45.5 Å². The first-order valence-electron chi connectivity index (χ1n) is 5.57. The monoisotopic (exact) mass is 338 g/mol. The van der Waals surface area contributed by atoms with Crippen molar-refractivity contribution >= 4 is 28.9 Å². The van der Waals surface area contributed by atoms with Crippen LogP contribution in [0.25, 0.3) is 0 Å². The molecule has 0 unspecified atom stereocenters. The number of ether oxygens (including phenoxy) is 1. The molecule has 0 bridgehead atoms. The van der Waals surface area contributed by atoms with E-state index >= 15 is 0 Å². The van der Waals surface area contributed by atoms with Crippen LogP contribution in [-0.4, -0.2) is 29.7 Å². The summed E-state index contributed by atoms with van der Waals surface area (Å²) < 4.78 is 7.88. The van der Waals surface area contributed by atoms with Gasteiger partial charge in [-0.15, -0.1) is 0 Å². The summed E-state index contributed by atoms with van der Waals surface area (Å²) in [5.74, 6) is 0.0855. The number of hydrogen-bond acceptors (Lipinski definition) is 3. The molecule has 1 aliphatic heterocycles. The van der Waals surface area contributed by atoms with E-state index in [1.807, 2.05) is 24.9 Å². The molecule has 1 heterocycles. The topological polar surface area (TPSA) is 46.5 Å². The van der Waals surface area contributed by atoms with Crippen molar-refractivity contribution < 1.29 is 14.6 Å². The molecule has 0 saturated carbocycles. The Morgan fingerprint density at radius 2 is 2.06 bits per heavy atom. The second kappa shape index (κ2) is 6.12. The standard InChI is InChI=1S/C12H19IO3/c1-7(6-13)12-9(3)11(15)8(2)10(16-12)4-5-14/h5-6,8-12,15H,4H2,1-3H3/b7-6+/t8-,9+,10+,11-,12-/m0/s1. The molecule has 1 fully saturated rings. The van der Waals surface area contributed by atoms with Gasteiger partial charge in [-0.1, -0.05) is 36.4 Å². The van der Waals surface area contributed by atoms with Crippen molar-refractivity contribution in [1.82, 2.24) is 0 Å². The third kappa shape index (κ3) is 2.84. The third-order valence-corrected chi connectivity index (χ3v) is 4.39. The summed E-state index contributed by atoms with van der Waals surface area (Å²) in [5.41, 5.74) is 1.11. The SMILES string of the molecule is C/C(=C\I)[C@@H]1O[C@H](CC=O)[C@H](C)[C@H](O)[C@H]1C. The lowest BCUT2D eigenvalue weighted by Crippen LogP contribution is -2.49. The Morgan fingerprint density at radius 3 is 2.56 bits per heavy atom. The van der Waals surface area contributed by atoms with Gasteiger partial charge in [0.15, 0.2) is 0 Å². The van der Waals surface area contributed by atoms with Crippen LogP contribution in [0.2, 0.25) is 0 Å². The Kier molecular flexibility index (Phi) is 5.40. The predicted octanol–water partition coefficient (Wildman–Crippen LogP) is 2.31. The largest absolute Gasteiger partial charge is 0.392 e. The molecule has 5 atom stereocenters. The summed E-state index contributed by atoms with van der Waals surface area (Å²) in [4.78, 5) is 10.6. The molecule has 0 aromatic carbocycles. The molecule has 92 valence electrons. The second-order valence-electron chi connectivity index (χ2n) is 4.56. The molecule has 0 aromatic rings. The first kappa shape index (κ1) is 14.1. The minimum atomic E-state index is -0.407. The van der Waals surface area contributed by atoms with Crippen LogP contribution in [0.1, 0.15) is 27.2 Å². The molecule has 1 saturated heterocycles. The maximum Gasteiger partial charge on any atom is 0.122 e. The first-order chi connectivity index (χ1) is 7.52. The number of hydrogen-bond donors (Lipinski definition) is 1. The quantitative estimate of drug-likeness (QED) is 0.635. The molecule has 0 radical (unpaired) electrons. The highest BCUT2D eigenvalue weighted by Gasteiger charge is 2.40. The van der Waals surface area contributed by atoms with Crippen LogP contribution in [0.4, 0.5) is 0 Å². The normalized spacial score (nSPS) is 40.8. The average molecular weight is 338 g/mol. The number of aliphatic hydroxyl groups excluding tert-OH is 1. The number of carbonyl (C=O) groups is 1. The van der Waals surface area contributed by atoms with Crippen LogP contribution in [-0.2, 0) is 9.53 Å². The molecular formula is C12H19IO3. The predicted molar refractivity (Wildman–Crippen MR) is 71.5 cm³/mol. The van der Waals surface area contributed by atoms with Crippen LogP contribution < -0.4 is 0 Å². The maximum absolute atomic E-state index is 10.6.